The smallest absolute Gasteiger partial charge is 0.244 e. The van der Waals surface area contributed by atoms with Gasteiger partial charge in [0.1, 0.15) is 19.2 Å². The van der Waals surface area contributed by atoms with Crippen LogP contribution in [-0.2, 0) is 10.5 Å². The number of hydrogen-bond acceptors (Lipinski definition) is 2. The number of fused-ring (bicyclic) bond motifs is 1. The average molecular weight is 392 g/mol. The monoisotopic (exact) mass is 391 g/mol. The fourth-order valence-electron chi connectivity index (χ4n) is 4.59. The van der Waals surface area contributed by atoms with E-state index < -0.39 is 5.79 Å². The van der Waals surface area contributed by atoms with Gasteiger partial charge in [0.2, 0.25) is 5.79 Å². The number of piperidine rings is 1. The maximum absolute atomic E-state index is 11.4. The molecule has 2 saturated heterocycles. The van der Waals surface area contributed by atoms with Crippen molar-refractivity contribution >= 4 is 10.8 Å². The molecule has 0 bridgehead atoms. The van der Waals surface area contributed by atoms with Gasteiger partial charge in [0.05, 0.1) is 13.1 Å². The van der Waals surface area contributed by atoms with Crippen molar-refractivity contribution < 1.29 is 31.3 Å². The Balaban J connectivity index is 0.00000169. The highest BCUT2D eigenvalue weighted by molar-refractivity contribution is 5.83. The molecule has 4 rings (SSSR count). The van der Waals surface area contributed by atoms with Crippen LogP contribution in [0.1, 0.15) is 31.7 Å². The summed E-state index contributed by atoms with van der Waals surface area (Å²) < 4.78 is 7.08. The molecule has 2 aliphatic rings. The van der Waals surface area contributed by atoms with Crippen molar-refractivity contribution in [1.29, 1.82) is 0 Å². The van der Waals surface area contributed by atoms with Crippen molar-refractivity contribution in [3.63, 3.8) is 0 Å². The minimum Gasteiger partial charge on any atom is -1.00 e. The number of morpholine rings is 1. The number of halogens is 1. The van der Waals surface area contributed by atoms with E-state index in [0.717, 1.165) is 22.0 Å². The zero-order valence-corrected chi connectivity index (χ0v) is 15.8. The van der Waals surface area contributed by atoms with Crippen molar-refractivity contribution in [3.05, 3.63) is 48.0 Å². The Kier molecular flexibility index (Phi) is 5.03. The van der Waals surface area contributed by atoms with E-state index in [0.29, 0.717) is 6.54 Å². The van der Waals surface area contributed by atoms with Gasteiger partial charge in [0.25, 0.3) is 0 Å². The highest BCUT2D eigenvalue weighted by Crippen LogP contribution is 2.36. The average Bonchev–Trinajstić information content (AvgIpc) is 2.54. The molecule has 0 saturated carbocycles. The number of aliphatic hydroxyl groups is 1. The number of nitrogens with zero attached hydrogens (tertiary/aromatic N) is 1. The van der Waals surface area contributed by atoms with Gasteiger partial charge in [-0.2, -0.15) is 0 Å². The third kappa shape index (κ3) is 3.25. The summed E-state index contributed by atoms with van der Waals surface area (Å²) in [5.74, 6) is -1.17. The Labute approximate surface area is 154 Å². The predicted octanol–water partition coefficient (Wildman–Crippen LogP) is 0.408. The van der Waals surface area contributed by atoms with E-state index in [1.165, 1.54) is 37.7 Å². The minimum atomic E-state index is -1.17. The molecule has 24 heavy (non-hydrogen) atoms. The van der Waals surface area contributed by atoms with E-state index in [1.807, 2.05) is 18.2 Å². The summed E-state index contributed by atoms with van der Waals surface area (Å²) in [6, 6.07) is 14.5. The molecule has 130 valence electrons. The second kappa shape index (κ2) is 6.75. The largest absolute Gasteiger partial charge is 1.00 e. The topological polar surface area (TPSA) is 29.5 Å². The Morgan fingerprint density at radius 1 is 1.04 bits per heavy atom. The number of quaternary nitrogens is 1. The van der Waals surface area contributed by atoms with Crippen LogP contribution in [0.3, 0.4) is 0 Å². The lowest BCUT2D eigenvalue weighted by molar-refractivity contribution is -0.955. The molecule has 0 aromatic heterocycles. The first-order valence-electron chi connectivity index (χ1n) is 8.83. The molecule has 0 radical (unpaired) electrons. The van der Waals surface area contributed by atoms with Crippen LogP contribution in [0.5, 0.6) is 0 Å². The quantitative estimate of drug-likeness (QED) is 0.713. The number of benzene rings is 2. The van der Waals surface area contributed by atoms with Crippen LogP contribution in [0.15, 0.2) is 42.5 Å². The van der Waals surface area contributed by atoms with Crippen LogP contribution in [0, 0.1) is 0 Å². The fraction of sp³-hybridized carbons (Fsp3) is 0.500. The molecule has 2 atom stereocenters. The van der Waals surface area contributed by atoms with Gasteiger partial charge < -0.3 is 31.3 Å². The summed E-state index contributed by atoms with van der Waals surface area (Å²) in [7, 11) is 0. The molecule has 2 unspecified atom stereocenters. The van der Waals surface area contributed by atoms with Crippen molar-refractivity contribution in [1.82, 2.24) is 0 Å². The van der Waals surface area contributed by atoms with Gasteiger partial charge >= 0.3 is 0 Å². The standard InChI is InChI=1S/C20H26NO2.BrH/c1-16-14-21(11-5-2-6-12-21)15-20(22,23-16)19-10-9-17-7-3-4-8-18(17)13-19;/h3-4,7-10,13,16,22H,2,5-6,11-12,14-15H2,1H3;1H/q+1;/p-1. The molecule has 0 aliphatic carbocycles. The lowest BCUT2D eigenvalue weighted by Crippen LogP contribution is -3.00. The van der Waals surface area contributed by atoms with Crippen LogP contribution in [-0.4, -0.2) is 41.9 Å². The Hall–Kier alpha value is -0.940. The van der Waals surface area contributed by atoms with Crippen molar-refractivity contribution in [2.24, 2.45) is 0 Å². The number of rotatable bonds is 1. The molecule has 2 aromatic carbocycles. The highest BCUT2D eigenvalue weighted by atomic mass is 79.9. The van der Waals surface area contributed by atoms with Gasteiger partial charge in [-0.15, -0.1) is 0 Å². The van der Waals surface area contributed by atoms with Gasteiger partial charge in [-0.25, -0.2) is 0 Å². The van der Waals surface area contributed by atoms with Crippen LogP contribution >= 0.6 is 0 Å². The molecular weight excluding hydrogens is 366 g/mol. The van der Waals surface area contributed by atoms with E-state index in [9.17, 15) is 5.11 Å². The van der Waals surface area contributed by atoms with Gasteiger partial charge in [-0.1, -0.05) is 36.4 Å². The third-order valence-electron chi connectivity index (χ3n) is 5.56. The molecular formula is C20H26BrNO2. The lowest BCUT2D eigenvalue weighted by Gasteiger charge is -2.51. The normalized spacial score (nSPS) is 29.3. The molecule has 1 N–H and O–H groups in total. The first-order chi connectivity index (χ1) is 11.1. The summed E-state index contributed by atoms with van der Waals surface area (Å²) >= 11 is 0. The summed E-state index contributed by atoms with van der Waals surface area (Å²) in [5, 5.41) is 13.7. The molecule has 0 amide bonds. The second-order valence-corrected chi connectivity index (χ2v) is 7.46. The summed E-state index contributed by atoms with van der Waals surface area (Å²) in [6.07, 6.45) is 3.93. The lowest BCUT2D eigenvalue weighted by atomic mass is 9.95. The zero-order chi connectivity index (χ0) is 15.9. The zero-order valence-electron chi connectivity index (χ0n) is 14.2. The van der Waals surface area contributed by atoms with E-state index >= 15 is 0 Å². The van der Waals surface area contributed by atoms with Crippen LogP contribution in [0.25, 0.3) is 10.8 Å². The van der Waals surface area contributed by atoms with Crippen molar-refractivity contribution in [3.8, 4) is 0 Å². The van der Waals surface area contributed by atoms with E-state index in [1.54, 1.807) is 0 Å². The van der Waals surface area contributed by atoms with Crippen molar-refractivity contribution in [2.75, 3.05) is 26.2 Å². The van der Waals surface area contributed by atoms with Crippen molar-refractivity contribution in [2.45, 2.75) is 38.1 Å². The van der Waals surface area contributed by atoms with E-state index in [-0.39, 0.29) is 23.1 Å². The SMILES string of the molecule is CC1C[N+]2(CCCCC2)CC(O)(c2ccc3ccccc3c2)O1.[Br-]. The first kappa shape index (κ1) is 17.9. The number of ether oxygens (including phenoxy) is 1. The number of hydrogen-bond donors (Lipinski definition) is 1. The minimum absolute atomic E-state index is 0. The maximum Gasteiger partial charge on any atom is 0.244 e. The second-order valence-electron chi connectivity index (χ2n) is 7.46. The predicted molar refractivity (Wildman–Crippen MR) is 92.0 cm³/mol. The molecule has 2 aromatic rings. The van der Waals surface area contributed by atoms with Gasteiger partial charge in [-0.3, -0.25) is 0 Å². The van der Waals surface area contributed by atoms with E-state index in [2.05, 4.69) is 31.2 Å². The van der Waals surface area contributed by atoms with Crippen LogP contribution in [0.4, 0.5) is 0 Å². The Morgan fingerprint density at radius 2 is 1.75 bits per heavy atom. The Morgan fingerprint density at radius 3 is 2.50 bits per heavy atom. The highest BCUT2D eigenvalue weighted by Gasteiger charge is 2.49. The molecule has 1 spiro atoms. The fourth-order valence-corrected chi connectivity index (χ4v) is 4.59. The first-order valence-corrected chi connectivity index (χ1v) is 8.83. The molecule has 2 heterocycles. The summed E-state index contributed by atoms with van der Waals surface area (Å²) in [5.41, 5.74) is 0.894. The van der Waals surface area contributed by atoms with E-state index in [4.69, 9.17) is 4.74 Å². The molecule has 4 heteroatoms. The van der Waals surface area contributed by atoms with Crippen LogP contribution < -0.4 is 17.0 Å². The Bertz CT molecular complexity index is 714. The maximum atomic E-state index is 11.4. The van der Waals surface area contributed by atoms with Gasteiger partial charge in [-0.05, 0) is 43.0 Å². The van der Waals surface area contributed by atoms with Crippen LogP contribution in [0.2, 0.25) is 0 Å². The van der Waals surface area contributed by atoms with Gasteiger partial charge in [0, 0.05) is 5.56 Å². The summed E-state index contributed by atoms with van der Waals surface area (Å²) in [6.45, 7) is 6.14. The molecule has 2 aliphatic heterocycles. The molecule has 2 fully saturated rings. The summed E-state index contributed by atoms with van der Waals surface area (Å²) in [4.78, 5) is 0. The molecule has 3 nitrogen and oxygen atoms in total. The van der Waals surface area contributed by atoms with Gasteiger partial charge in [0.15, 0.2) is 0 Å². The third-order valence-corrected chi connectivity index (χ3v) is 5.56.